The number of hydrogen-bond donors (Lipinski definition) is 2. The molecule has 142 valence electrons. The third kappa shape index (κ3) is 5.44. The van der Waals surface area contributed by atoms with E-state index in [0.29, 0.717) is 34.8 Å². The first kappa shape index (κ1) is 19.6. The lowest BCUT2D eigenvalue weighted by molar-refractivity contribution is -0.116. The van der Waals surface area contributed by atoms with Crippen LogP contribution in [0, 0.1) is 6.92 Å². The Balaban J connectivity index is 1.56. The Kier molecular flexibility index (Phi) is 6.45. The largest absolute Gasteiger partial charge is 0.326 e. The van der Waals surface area contributed by atoms with Crippen molar-refractivity contribution >= 4 is 34.8 Å². The van der Waals surface area contributed by atoms with E-state index in [0.717, 1.165) is 5.56 Å². The van der Waals surface area contributed by atoms with Crippen LogP contribution in [0.2, 0.25) is 5.02 Å². The second kappa shape index (κ2) is 9.20. The Morgan fingerprint density at radius 2 is 1.61 bits per heavy atom. The van der Waals surface area contributed by atoms with E-state index in [9.17, 15) is 9.59 Å². The smallest absolute Gasteiger partial charge is 0.255 e. The van der Waals surface area contributed by atoms with Gasteiger partial charge in [-0.1, -0.05) is 59.6 Å². The summed E-state index contributed by atoms with van der Waals surface area (Å²) in [5, 5.41) is 5.98. The van der Waals surface area contributed by atoms with Gasteiger partial charge in [-0.15, -0.1) is 0 Å². The molecule has 3 rings (SSSR count). The maximum atomic E-state index is 12.2. The van der Waals surface area contributed by atoms with Crippen molar-refractivity contribution in [3.63, 3.8) is 0 Å². The molecule has 0 atom stereocenters. The molecule has 0 unspecified atom stereocenters. The molecule has 0 saturated heterocycles. The van der Waals surface area contributed by atoms with Gasteiger partial charge in [0.1, 0.15) is 0 Å². The summed E-state index contributed by atoms with van der Waals surface area (Å²) in [6.45, 7) is 2.03. The highest BCUT2D eigenvalue weighted by Gasteiger charge is 2.10. The van der Waals surface area contributed by atoms with Gasteiger partial charge in [0, 0.05) is 17.7 Å². The average Bonchev–Trinajstić information content (AvgIpc) is 2.70. The summed E-state index contributed by atoms with van der Waals surface area (Å²) in [6, 6.07) is 22.1. The zero-order valence-electron chi connectivity index (χ0n) is 15.5. The maximum Gasteiger partial charge on any atom is 0.255 e. The van der Waals surface area contributed by atoms with Crippen LogP contribution < -0.4 is 10.6 Å². The fourth-order valence-electron chi connectivity index (χ4n) is 2.71. The summed E-state index contributed by atoms with van der Waals surface area (Å²) < 4.78 is 0. The molecule has 0 radical (unpaired) electrons. The lowest BCUT2D eigenvalue weighted by Gasteiger charge is -2.10. The predicted octanol–water partition coefficient (Wildman–Crippen LogP) is 5.47. The van der Waals surface area contributed by atoms with Gasteiger partial charge in [0.05, 0.1) is 10.7 Å². The van der Waals surface area contributed by atoms with Crippen LogP contribution in [-0.4, -0.2) is 11.8 Å². The summed E-state index contributed by atoms with van der Waals surface area (Å²) in [5.74, 6) is -0.324. The second-order valence-electron chi connectivity index (χ2n) is 6.55. The van der Waals surface area contributed by atoms with Crippen molar-refractivity contribution in [2.24, 2.45) is 0 Å². The molecule has 0 aliphatic heterocycles. The summed E-state index contributed by atoms with van der Waals surface area (Å²) in [5.41, 5.74) is 3.96. The van der Waals surface area contributed by atoms with Crippen LogP contribution in [0.1, 0.15) is 27.9 Å². The van der Waals surface area contributed by atoms with Crippen LogP contribution in [0.4, 0.5) is 11.4 Å². The van der Waals surface area contributed by atoms with Crippen LogP contribution in [0.3, 0.4) is 0 Å². The van der Waals surface area contributed by atoms with E-state index in [1.54, 1.807) is 42.5 Å². The SMILES string of the molecule is Cc1ccc(CCC(=O)Nc2ccc(NC(=O)c3ccccc3)c(Cl)c2)cc1. The first-order valence-electron chi connectivity index (χ1n) is 9.02. The minimum atomic E-state index is -0.239. The molecule has 4 nitrogen and oxygen atoms in total. The van der Waals surface area contributed by atoms with Gasteiger partial charge in [-0.25, -0.2) is 0 Å². The zero-order valence-corrected chi connectivity index (χ0v) is 16.3. The Bertz CT molecular complexity index is 970. The van der Waals surface area contributed by atoms with Gasteiger partial charge in [-0.3, -0.25) is 9.59 Å². The number of halogens is 1. The molecule has 3 aromatic rings. The molecule has 2 N–H and O–H groups in total. The first-order valence-corrected chi connectivity index (χ1v) is 9.40. The van der Waals surface area contributed by atoms with Crippen molar-refractivity contribution in [3.05, 3.63) is 94.5 Å². The molecule has 0 fully saturated rings. The van der Waals surface area contributed by atoms with Gasteiger partial charge < -0.3 is 10.6 Å². The van der Waals surface area contributed by atoms with Crippen molar-refractivity contribution in [3.8, 4) is 0 Å². The average molecular weight is 393 g/mol. The summed E-state index contributed by atoms with van der Waals surface area (Å²) in [4.78, 5) is 24.4. The van der Waals surface area contributed by atoms with Crippen molar-refractivity contribution in [1.82, 2.24) is 0 Å². The van der Waals surface area contributed by atoms with E-state index < -0.39 is 0 Å². The predicted molar refractivity (Wildman–Crippen MR) is 114 cm³/mol. The molecule has 0 saturated carbocycles. The summed E-state index contributed by atoms with van der Waals surface area (Å²) >= 11 is 6.27. The molecule has 0 heterocycles. The molecule has 5 heteroatoms. The Morgan fingerprint density at radius 1 is 0.893 bits per heavy atom. The van der Waals surface area contributed by atoms with Crippen molar-refractivity contribution in [1.29, 1.82) is 0 Å². The number of nitrogens with one attached hydrogen (secondary N) is 2. The number of carbonyl (C=O) groups excluding carboxylic acids is 2. The molecule has 0 bridgehead atoms. The minimum Gasteiger partial charge on any atom is -0.326 e. The highest BCUT2D eigenvalue weighted by atomic mass is 35.5. The normalized spacial score (nSPS) is 10.4. The van der Waals surface area contributed by atoms with Crippen molar-refractivity contribution in [2.75, 3.05) is 10.6 Å². The van der Waals surface area contributed by atoms with Crippen LogP contribution in [-0.2, 0) is 11.2 Å². The monoisotopic (exact) mass is 392 g/mol. The standard InChI is InChI=1S/C23H21ClN2O2/c1-16-7-9-17(10-8-16)11-14-22(27)25-19-12-13-21(20(24)15-19)26-23(28)18-5-3-2-4-6-18/h2-10,12-13,15H,11,14H2,1H3,(H,25,27)(H,26,28). The van der Waals surface area contributed by atoms with Gasteiger partial charge in [-0.05, 0) is 49.2 Å². The maximum absolute atomic E-state index is 12.2. The van der Waals surface area contributed by atoms with E-state index in [-0.39, 0.29) is 11.8 Å². The van der Waals surface area contributed by atoms with E-state index in [1.807, 2.05) is 37.3 Å². The third-order valence-corrected chi connectivity index (χ3v) is 4.61. The van der Waals surface area contributed by atoms with Crippen LogP contribution in [0.5, 0.6) is 0 Å². The molecule has 28 heavy (non-hydrogen) atoms. The molecule has 3 aromatic carbocycles. The third-order valence-electron chi connectivity index (χ3n) is 4.30. The topological polar surface area (TPSA) is 58.2 Å². The minimum absolute atomic E-state index is 0.0855. The fourth-order valence-corrected chi connectivity index (χ4v) is 2.94. The van der Waals surface area contributed by atoms with Gasteiger partial charge in [0.2, 0.25) is 5.91 Å². The number of carbonyl (C=O) groups is 2. The van der Waals surface area contributed by atoms with Gasteiger partial charge >= 0.3 is 0 Å². The van der Waals surface area contributed by atoms with Gasteiger partial charge in [0.15, 0.2) is 0 Å². The number of hydrogen-bond acceptors (Lipinski definition) is 2. The number of amides is 2. The van der Waals surface area contributed by atoms with Crippen LogP contribution in [0.25, 0.3) is 0 Å². The number of rotatable bonds is 6. The van der Waals surface area contributed by atoms with E-state index in [1.165, 1.54) is 5.56 Å². The van der Waals surface area contributed by atoms with E-state index >= 15 is 0 Å². The molecule has 0 spiro atoms. The van der Waals surface area contributed by atoms with Crippen molar-refractivity contribution < 1.29 is 9.59 Å². The lowest BCUT2D eigenvalue weighted by Crippen LogP contribution is -2.14. The van der Waals surface area contributed by atoms with Gasteiger partial charge in [0.25, 0.3) is 5.91 Å². The summed E-state index contributed by atoms with van der Waals surface area (Å²) in [6.07, 6.45) is 1.05. The van der Waals surface area contributed by atoms with E-state index in [4.69, 9.17) is 11.6 Å². The summed E-state index contributed by atoms with van der Waals surface area (Å²) in [7, 11) is 0. The fraction of sp³-hybridized carbons (Fsp3) is 0.130. The van der Waals surface area contributed by atoms with E-state index in [2.05, 4.69) is 10.6 Å². The first-order chi connectivity index (χ1) is 13.5. The molecular weight excluding hydrogens is 372 g/mol. The zero-order chi connectivity index (χ0) is 19.9. The molecule has 0 aromatic heterocycles. The number of aryl methyl sites for hydroxylation is 2. The molecule has 0 aliphatic carbocycles. The van der Waals surface area contributed by atoms with Crippen LogP contribution >= 0.6 is 11.6 Å². The quantitative estimate of drug-likeness (QED) is 0.584. The number of benzene rings is 3. The lowest BCUT2D eigenvalue weighted by atomic mass is 10.1. The Morgan fingerprint density at radius 3 is 2.29 bits per heavy atom. The second-order valence-corrected chi connectivity index (χ2v) is 6.96. The number of anilines is 2. The highest BCUT2D eigenvalue weighted by Crippen LogP contribution is 2.26. The Hall–Kier alpha value is -3.11. The Labute approximate surface area is 169 Å². The van der Waals surface area contributed by atoms with Crippen molar-refractivity contribution in [2.45, 2.75) is 19.8 Å². The van der Waals surface area contributed by atoms with Crippen LogP contribution in [0.15, 0.2) is 72.8 Å². The molecular formula is C23H21ClN2O2. The highest BCUT2D eigenvalue weighted by molar-refractivity contribution is 6.34. The molecule has 0 aliphatic rings. The van der Waals surface area contributed by atoms with Gasteiger partial charge in [-0.2, -0.15) is 0 Å². The molecule has 2 amide bonds.